The molecule has 3 rings (SSSR count). The SMILES string of the molecule is CC1CCCC(CCNc2nc3ccccc3o2)C1. The first-order valence-corrected chi connectivity index (χ1v) is 7.40. The second-order valence-corrected chi connectivity index (χ2v) is 5.84. The summed E-state index contributed by atoms with van der Waals surface area (Å²) in [4.78, 5) is 4.43. The summed E-state index contributed by atoms with van der Waals surface area (Å²) in [5.41, 5.74) is 1.78. The Kier molecular flexibility index (Phi) is 3.72. The van der Waals surface area contributed by atoms with E-state index in [1.54, 1.807) is 0 Å². The fraction of sp³-hybridized carbons (Fsp3) is 0.562. The highest BCUT2D eigenvalue weighted by Gasteiger charge is 2.18. The van der Waals surface area contributed by atoms with E-state index in [1.165, 1.54) is 32.1 Å². The Balaban J connectivity index is 1.51. The van der Waals surface area contributed by atoms with E-state index in [1.807, 2.05) is 24.3 Å². The van der Waals surface area contributed by atoms with Crippen LogP contribution in [0.25, 0.3) is 11.1 Å². The van der Waals surface area contributed by atoms with Crippen LogP contribution in [-0.2, 0) is 0 Å². The molecule has 1 fully saturated rings. The summed E-state index contributed by atoms with van der Waals surface area (Å²) in [6.07, 6.45) is 6.81. The Morgan fingerprint density at radius 1 is 1.32 bits per heavy atom. The highest BCUT2D eigenvalue weighted by atomic mass is 16.4. The molecule has 0 amide bonds. The second-order valence-electron chi connectivity index (χ2n) is 5.84. The average molecular weight is 258 g/mol. The number of aromatic nitrogens is 1. The van der Waals surface area contributed by atoms with Crippen molar-refractivity contribution in [3.8, 4) is 0 Å². The van der Waals surface area contributed by atoms with Gasteiger partial charge in [0, 0.05) is 6.54 Å². The Morgan fingerprint density at radius 2 is 2.21 bits per heavy atom. The molecule has 1 aliphatic carbocycles. The number of nitrogens with one attached hydrogen (secondary N) is 1. The maximum atomic E-state index is 5.66. The first-order chi connectivity index (χ1) is 9.31. The van der Waals surface area contributed by atoms with E-state index in [0.29, 0.717) is 6.01 Å². The molecule has 1 aliphatic rings. The van der Waals surface area contributed by atoms with Gasteiger partial charge in [-0.2, -0.15) is 4.98 Å². The molecule has 1 aromatic carbocycles. The summed E-state index contributed by atoms with van der Waals surface area (Å²) in [6.45, 7) is 3.34. The molecule has 0 radical (unpaired) electrons. The van der Waals surface area contributed by atoms with Crippen molar-refractivity contribution in [1.82, 2.24) is 4.98 Å². The van der Waals surface area contributed by atoms with E-state index < -0.39 is 0 Å². The molecule has 2 atom stereocenters. The molecule has 102 valence electrons. The first kappa shape index (κ1) is 12.5. The zero-order chi connectivity index (χ0) is 13.1. The lowest BCUT2D eigenvalue weighted by molar-refractivity contribution is 0.274. The predicted molar refractivity (Wildman–Crippen MR) is 78.2 cm³/mol. The van der Waals surface area contributed by atoms with E-state index in [9.17, 15) is 0 Å². The molecule has 1 N–H and O–H groups in total. The van der Waals surface area contributed by atoms with Gasteiger partial charge in [0.2, 0.25) is 0 Å². The molecule has 1 aromatic heterocycles. The second kappa shape index (κ2) is 5.64. The molecule has 1 saturated carbocycles. The summed E-state index contributed by atoms with van der Waals surface area (Å²) < 4.78 is 5.66. The number of fused-ring (bicyclic) bond motifs is 1. The molecule has 0 bridgehead atoms. The van der Waals surface area contributed by atoms with Crippen LogP contribution >= 0.6 is 0 Å². The normalized spacial score (nSPS) is 23.6. The maximum absolute atomic E-state index is 5.66. The fourth-order valence-electron chi connectivity index (χ4n) is 3.15. The molecule has 2 unspecified atom stereocenters. The summed E-state index contributed by atoms with van der Waals surface area (Å²) >= 11 is 0. The van der Waals surface area contributed by atoms with Crippen LogP contribution in [0.1, 0.15) is 39.0 Å². The minimum Gasteiger partial charge on any atom is -0.424 e. The highest BCUT2D eigenvalue weighted by Crippen LogP contribution is 2.30. The molecule has 3 nitrogen and oxygen atoms in total. The topological polar surface area (TPSA) is 38.1 Å². The molecule has 0 saturated heterocycles. The minimum atomic E-state index is 0.657. The van der Waals surface area contributed by atoms with Crippen LogP contribution in [0.3, 0.4) is 0 Å². The number of oxazole rings is 1. The third-order valence-electron chi connectivity index (χ3n) is 4.17. The van der Waals surface area contributed by atoms with Crippen LogP contribution < -0.4 is 5.32 Å². The Bertz CT molecular complexity index is 501. The number of hydrogen-bond donors (Lipinski definition) is 1. The maximum Gasteiger partial charge on any atom is 0.295 e. The van der Waals surface area contributed by atoms with Crippen LogP contribution in [-0.4, -0.2) is 11.5 Å². The summed E-state index contributed by atoms with van der Waals surface area (Å²) in [5.74, 6) is 1.78. The lowest BCUT2D eigenvalue weighted by atomic mass is 9.81. The lowest BCUT2D eigenvalue weighted by Crippen LogP contribution is -2.16. The molecule has 3 heteroatoms. The monoisotopic (exact) mass is 258 g/mol. The number of rotatable bonds is 4. The van der Waals surface area contributed by atoms with Gasteiger partial charge in [0.15, 0.2) is 5.58 Å². The van der Waals surface area contributed by atoms with E-state index in [4.69, 9.17) is 4.42 Å². The van der Waals surface area contributed by atoms with Crippen molar-refractivity contribution in [2.24, 2.45) is 11.8 Å². The summed E-state index contributed by atoms with van der Waals surface area (Å²) in [6, 6.07) is 8.55. The van der Waals surface area contributed by atoms with Crippen molar-refractivity contribution in [3.63, 3.8) is 0 Å². The van der Waals surface area contributed by atoms with Crippen molar-refractivity contribution in [2.75, 3.05) is 11.9 Å². The van der Waals surface area contributed by atoms with Gasteiger partial charge in [-0.25, -0.2) is 0 Å². The summed E-state index contributed by atoms with van der Waals surface area (Å²) in [7, 11) is 0. The van der Waals surface area contributed by atoms with Crippen LogP contribution in [0.15, 0.2) is 28.7 Å². The number of nitrogens with zero attached hydrogens (tertiary/aromatic N) is 1. The van der Waals surface area contributed by atoms with Crippen LogP contribution in [0.5, 0.6) is 0 Å². The van der Waals surface area contributed by atoms with E-state index in [0.717, 1.165) is 29.5 Å². The third-order valence-corrected chi connectivity index (χ3v) is 4.17. The Morgan fingerprint density at radius 3 is 3.05 bits per heavy atom. The van der Waals surface area contributed by atoms with Crippen molar-refractivity contribution in [3.05, 3.63) is 24.3 Å². The van der Waals surface area contributed by atoms with E-state index in [-0.39, 0.29) is 0 Å². The fourth-order valence-corrected chi connectivity index (χ4v) is 3.15. The number of para-hydroxylation sites is 2. The van der Waals surface area contributed by atoms with Crippen molar-refractivity contribution in [1.29, 1.82) is 0 Å². The molecule has 2 aromatic rings. The average Bonchev–Trinajstić information content (AvgIpc) is 2.81. The molecular weight excluding hydrogens is 236 g/mol. The number of anilines is 1. The minimum absolute atomic E-state index is 0.657. The molecule has 19 heavy (non-hydrogen) atoms. The van der Waals surface area contributed by atoms with Crippen LogP contribution in [0.4, 0.5) is 6.01 Å². The van der Waals surface area contributed by atoms with Crippen molar-refractivity contribution in [2.45, 2.75) is 39.0 Å². The highest BCUT2D eigenvalue weighted by molar-refractivity contribution is 5.74. The van der Waals surface area contributed by atoms with Gasteiger partial charge in [-0.3, -0.25) is 0 Å². The standard InChI is InChI=1S/C16H22N2O/c1-12-5-4-6-13(11-12)9-10-17-16-18-14-7-2-3-8-15(14)19-16/h2-3,7-8,12-13H,4-6,9-11H2,1H3,(H,17,18). The third kappa shape index (κ3) is 3.09. The van der Waals surface area contributed by atoms with E-state index in [2.05, 4.69) is 17.2 Å². The van der Waals surface area contributed by atoms with Crippen LogP contribution in [0.2, 0.25) is 0 Å². The van der Waals surface area contributed by atoms with Gasteiger partial charge in [-0.1, -0.05) is 38.3 Å². The first-order valence-electron chi connectivity index (χ1n) is 7.40. The van der Waals surface area contributed by atoms with Crippen molar-refractivity contribution < 1.29 is 4.42 Å². The molecule has 0 spiro atoms. The molecular formula is C16H22N2O. The smallest absolute Gasteiger partial charge is 0.295 e. The lowest BCUT2D eigenvalue weighted by Gasteiger charge is -2.26. The number of benzene rings is 1. The summed E-state index contributed by atoms with van der Waals surface area (Å²) in [5, 5.41) is 3.32. The van der Waals surface area contributed by atoms with Crippen LogP contribution in [0, 0.1) is 11.8 Å². The van der Waals surface area contributed by atoms with Gasteiger partial charge in [0.05, 0.1) is 0 Å². The van der Waals surface area contributed by atoms with Crippen molar-refractivity contribution >= 4 is 17.1 Å². The van der Waals surface area contributed by atoms with Gasteiger partial charge < -0.3 is 9.73 Å². The Hall–Kier alpha value is -1.51. The van der Waals surface area contributed by atoms with Gasteiger partial charge in [0.1, 0.15) is 5.52 Å². The van der Waals surface area contributed by atoms with Gasteiger partial charge in [-0.05, 0) is 36.8 Å². The van der Waals surface area contributed by atoms with E-state index >= 15 is 0 Å². The zero-order valence-corrected chi connectivity index (χ0v) is 11.6. The zero-order valence-electron chi connectivity index (χ0n) is 11.6. The predicted octanol–water partition coefficient (Wildman–Crippen LogP) is 4.46. The van der Waals surface area contributed by atoms with Gasteiger partial charge in [0.25, 0.3) is 6.01 Å². The van der Waals surface area contributed by atoms with Gasteiger partial charge >= 0.3 is 0 Å². The quantitative estimate of drug-likeness (QED) is 0.880. The largest absolute Gasteiger partial charge is 0.424 e. The molecule has 0 aliphatic heterocycles. The molecule has 1 heterocycles. The Labute approximate surface area is 114 Å². The number of hydrogen-bond acceptors (Lipinski definition) is 3. The van der Waals surface area contributed by atoms with Gasteiger partial charge in [-0.15, -0.1) is 0 Å².